The lowest BCUT2D eigenvalue weighted by Crippen LogP contribution is -2.37. The van der Waals surface area contributed by atoms with E-state index in [-0.39, 0.29) is 5.60 Å². The van der Waals surface area contributed by atoms with Crippen LogP contribution in [0, 0.1) is 0 Å². The fourth-order valence-electron chi connectivity index (χ4n) is 2.60. The third kappa shape index (κ3) is 5.30. The summed E-state index contributed by atoms with van der Waals surface area (Å²) in [5, 5.41) is 3.47. The van der Waals surface area contributed by atoms with Crippen LogP contribution in [0.1, 0.15) is 26.3 Å². The molecule has 1 aliphatic rings. The number of morpholine rings is 1. The van der Waals surface area contributed by atoms with E-state index in [0.717, 1.165) is 46.0 Å². The summed E-state index contributed by atoms with van der Waals surface area (Å²) < 4.78 is 11.1. The first-order valence-corrected chi connectivity index (χ1v) is 7.87. The van der Waals surface area contributed by atoms with E-state index in [2.05, 4.69) is 48.3 Å². The first kappa shape index (κ1) is 16.3. The fourth-order valence-corrected chi connectivity index (χ4v) is 2.60. The van der Waals surface area contributed by atoms with E-state index in [1.54, 1.807) is 0 Å². The van der Waals surface area contributed by atoms with Gasteiger partial charge >= 0.3 is 0 Å². The number of rotatable bonds is 7. The molecule has 0 bridgehead atoms. The summed E-state index contributed by atoms with van der Waals surface area (Å²) in [6.45, 7) is 12.4. The van der Waals surface area contributed by atoms with Gasteiger partial charge in [-0.3, -0.25) is 0 Å². The molecule has 0 radical (unpaired) electrons. The Morgan fingerprint density at radius 1 is 1.19 bits per heavy atom. The normalized spacial score (nSPS) is 16.2. The molecule has 1 aliphatic heterocycles. The average Bonchev–Trinajstić information content (AvgIpc) is 2.48. The molecule has 1 aromatic rings. The first-order chi connectivity index (χ1) is 10.1. The van der Waals surface area contributed by atoms with Crippen molar-refractivity contribution >= 4 is 5.69 Å². The average molecular weight is 292 g/mol. The van der Waals surface area contributed by atoms with Gasteiger partial charge in [0.1, 0.15) is 0 Å². The molecule has 4 nitrogen and oxygen atoms in total. The van der Waals surface area contributed by atoms with Gasteiger partial charge < -0.3 is 19.7 Å². The quantitative estimate of drug-likeness (QED) is 0.837. The second kappa shape index (κ2) is 7.78. The Kier molecular flexibility index (Phi) is 6.03. The first-order valence-electron chi connectivity index (χ1n) is 7.87. The molecular weight excluding hydrogens is 264 g/mol. The Morgan fingerprint density at radius 2 is 1.86 bits per heavy atom. The molecule has 0 amide bonds. The third-order valence-electron chi connectivity index (χ3n) is 3.73. The van der Waals surface area contributed by atoms with Crippen LogP contribution in [0.3, 0.4) is 0 Å². The van der Waals surface area contributed by atoms with Crippen LogP contribution < -0.4 is 10.2 Å². The Hall–Kier alpha value is -1.10. The highest BCUT2D eigenvalue weighted by Crippen LogP contribution is 2.16. The molecule has 2 rings (SSSR count). The van der Waals surface area contributed by atoms with Crippen LogP contribution in [-0.2, 0) is 16.0 Å². The molecule has 4 heteroatoms. The Morgan fingerprint density at radius 3 is 2.48 bits per heavy atom. The SMILES string of the molecule is CCOC(C)(C)CNCc1ccc(N2CCOCC2)cc1. The molecule has 0 aromatic heterocycles. The van der Waals surface area contributed by atoms with Gasteiger partial charge in [0.15, 0.2) is 0 Å². The Labute approximate surface area is 128 Å². The van der Waals surface area contributed by atoms with Crippen LogP contribution in [0.25, 0.3) is 0 Å². The lowest BCUT2D eigenvalue weighted by molar-refractivity contribution is -0.00897. The predicted octanol–water partition coefficient (Wildman–Crippen LogP) is 2.43. The van der Waals surface area contributed by atoms with E-state index in [4.69, 9.17) is 9.47 Å². The van der Waals surface area contributed by atoms with Crippen molar-refractivity contribution in [2.75, 3.05) is 44.4 Å². The maximum absolute atomic E-state index is 5.68. The van der Waals surface area contributed by atoms with Gasteiger partial charge in [-0.25, -0.2) is 0 Å². The van der Waals surface area contributed by atoms with Crippen molar-refractivity contribution in [2.45, 2.75) is 32.9 Å². The zero-order valence-electron chi connectivity index (χ0n) is 13.5. The van der Waals surface area contributed by atoms with Gasteiger partial charge in [0.05, 0.1) is 18.8 Å². The van der Waals surface area contributed by atoms with E-state index in [0.29, 0.717) is 0 Å². The van der Waals surface area contributed by atoms with Gasteiger partial charge in [0.2, 0.25) is 0 Å². The third-order valence-corrected chi connectivity index (χ3v) is 3.73. The molecule has 1 saturated heterocycles. The monoisotopic (exact) mass is 292 g/mol. The number of hydrogen-bond acceptors (Lipinski definition) is 4. The Balaban J connectivity index is 1.79. The number of ether oxygens (including phenoxy) is 2. The van der Waals surface area contributed by atoms with Gasteiger partial charge in [-0.1, -0.05) is 12.1 Å². The zero-order chi connectivity index (χ0) is 15.1. The highest BCUT2D eigenvalue weighted by molar-refractivity contribution is 5.47. The van der Waals surface area contributed by atoms with Crippen LogP contribution in [0.2, 0.25) is 0 Å². The number of anilines is 1. The van der Waals surface area contributed by atoms with Crippen molar-refractivity contribution < 1.29 is 9.47 Å². The largest absolute Gasteiger partial charge is 0.378 e. The minimum atomic E-state index is -0.109. The van der Waals surface area contributed by atoms with Crippen molar-refractivity contribution in [3.05, 3.63) is 29.8 Å². The molecule has 0 aliphatic carbocycles. The van der Waals surface area contributed by atoms with Crippen molar-refractivity contribution in [1.82, 2.24) is 5.32 Å². The molecule has 1 heterocycles. The van der Waals surface area contributed by atoms with Crippen LogP contribution in [0.5, 0.6) is 0 Å². The highest BCUT2D eigenvalue weighted by atomic mass is 16.5. The molecule has 1 N–H and O–H groups in total. The van der Waals surface area contributed by atoms with Gasteiger partial charge in [0.25, 0.3) is 0 Å². The van der Waals surface area contributed by atoms with Crippen molar-refractivity contribution in [1.29, 1.82) is 0 Å². The number of nitrogens with one attached hydrogen (secondary N) is 1. The molecule has 21 heavy (non-hydrogen) atoms. The van der Waals surface area contributed by atoms with Crippen LogP contribution in [0.4, 0.5) is 5.69 Å². The molecular formula is C17H28N2O2. The van der Waals surface area contributed by atoms with Crippen LogP contribution in [0.15, 0.2) is 24.3 Å². The minimum absolute atomic E-state index is 0.109. The summed E-state index contributed by atoms with van der Waals surface area (Å²) in [6.07, 6.45) is 0. The summed E-state index contributed by atoms with van der Waals surface area (Å²) in [7, 11) is 0. The minimum Gasteiger partial charge on any atom is -0.378 e. The second-order valence-corrected chi connectivity index (χ2v) is 6.06. The molecule has 0 spiro atoms. The Bertz CT molecular complexity index is 411. The van der Waals surface area contributed by atoms with Crippen LogP contribution >= 0.6 is 0 Å². The van der Waals surface area contributed by atoms with E-state index in [1.165, 1.54) is 11.3 Å². The maximum Gasteiger partial charge on any atom is 0.0750 e. The predicted molar refractivity (Wildman–Crippen MR) is 86.9 cm³/mol. The summed E-state index contributed by atoms with van der Waals surface area (Å²) in [5.74, 6) is 0. The summed E-state index contributed by atoms with van der Waals surface area (Å²) in [4.78, 5) is 2.37. The van der Waals surface area contributed by atoms with Crippen LogP contribution in [-0.4, -0.2) is 45.1 Å². The fraction of sp³-hybridized carbons (Fsp3) is 0.647. The summed E-state index contributed by atoms with van der Waals surface area (Å²) in [5.41, 5.74) is 2.48. The zero-order valence-corrected chi connectivity index (χ0v) is 13.5. The molecule has 0 unspecified atom stereocenters. The standard InChI is InChI=1S/C17H28N2O2/c1-4-21-17(2,3)14-18-13-15-5-7-16(8-6-15)19-9-11-20-12-10-19/h5-8,18H,4,9-14H2,1-3H3. The van der Waals surface area contributed by atoms with E-state index in [1.807, 2.05) is 6.92 Å². The molecule has 0 atom stereocenters. The number of hydrogen-bond donors (Lipinski definition) is 1. The van der Waals surface area contributed by atoms with E-state index < -0.39 is 0 Å². The molecule has 118 valence electrons. The van der Waals surface area contributed by atoms with E-state index in [9.17, 15) is 0 Å². The van der Waals surface area contributed by atoms with Gasteiger partial charge in [-0.15, -0.1) is 0 Å². The van der Waals surface area contributed by atoms with Gasteiger partial charge in [0, 0.05) is 38.5 Å². The summed E-state index contributed by atoms with van der Waals surface area (Å²) in [6, 6.07) is 8.81. The molecule has 0 saturated carbocycles. The van der Waals surface area contributed by atoms with E-state index >= 15 is 0 Å². The molecule has 1 aromatic carbocycles. The second-order valence-electron chi connectivity index (χ2n) is 6.06. The van der Waals surface area contributed by atoms with Crippen molar-refractivity contribution in [3.8, 4) is 0 Å². The maximum atomic E-state index is 5.68. The van der Waals surface area contributed by atoms with Gasteiger partial charge in [-0.2, -0.15) is 0 Å². The molecule has 1 fully saturated rings. The highest BCUT2D eigenvalue weighted by Gasteiger charge is 2.16. The number of benzene rings is 1. The van der Waals surface area contributed by atoms with Crippen molar-refractivity contribution in [3.63, 3.8) is 0 Å². The topological polar surface area (TPSA) is 33.7 Å². The lowest BCUT2D eigenvalue weighted by atomic mass is 10.1. The number of nitrogens with zero attached hydrogens (tertiary/aromatic N) is 1. The van der Waals surface area contributed by atoms with Crippen molar-refractivity contribution in [2.24, 2.45) is 0 Å². The lowest BCUT2D eigenvalue weighted by Gasteiger charge is -2.29. The van der Waals surface area contributed by atoms with Gasteiger partial charge in [-0.05, 0) is 38.5 Å². The summed E-state index contributed by atoms with van der Waals surface area (Å²) >= 11 is 0. The smallest absolute Gasteiger partial charge is 0.0750 e.